The Morgan fingerprint density at radius 2 is 1.72 bits per heavy atom. The van der Waals surface area contributed by atoms with Crippen LogP contribution in [-0.4, -0.2) is 46.0 Å². The van der Waals surface area contributed by atoms with Crippen molar-refractivity contribution in [1.29, 1.82) is 0 Å². The molecule has 1 saturated heterocycles. The number of aryl methyl sites for hydroxylation is 1. The highest BCUT2D eigenvalue weighted by Gasteiger charge is 2.73. The zero-order chi connectivity index (χ0) is 21.8. The summed E-state index contributed by atoms with van der Waals surface area (Å²) in [7, 11) is 1.33. The van der Waals surface area contributed by atoms with Crippen LogP contribution in [-0.2, 0) is 7.05 Å². The van der Waals surface area contributed by atoms with Gasteiger partial charge in [-0.25, -0.2) is 8.78 Å². The van der Waals surface area contributed by atoms with Crippen molar-refractivity contribution in [2.24, 2.45) is 12.5 Å². The molecular weight excluding hydrogens is 414 g/mol. The van der Waals surface area contributed by atoms with E-state index in [-0.39, 0.29) is 11.3 Å². The van der Waals surface area contributed by atoms with Crippen LogP contribution in [0.2, 0.25) is 0 Å². The predicted octanol–water partition coefficient (Wildman–Crippen LogP) is 4.32. The summed E-state index contributed by atoms with van der Waals surface area (Å²) in [6, 6.07) is 2.38. The average Bonchev–Trinajstić information content (AvgIpc) is 3.18. The summed E-state index contributed by atoms with van der Waals surface area (Å²) < 4.78 is 108. The fraction of sp³-hybridized carbons (Fsp3) is 0.412. The van der Waals surface area contributed by atoms with Gasteiger partial charge in [0.05, 0.1) is 5.56 Å². The summed E-state index contributed by atoms with van der Waals surface area (Å²) in [6.07, 6.45) is -11.5. The highest BCUT2D eigenvalue weighted by molar-refractivity contribution is 6.00. The van der Waals surface area contributed by atoms with E-state index >= 15 is 0 Å². The first-order chi connectivity index (χ1) is 13.3. The van der Waals surface area contributed by atoms with Crippen molar-refractivity contribution in [1.82, 2.24) is 14.7 Å². The highest BCUT2D eigenvalue weighted by atomic mass is 19.4. The molecule has 0 unspecified atom stereocenters. The fourth-order valence-electron chi connectivity index (χ4n) is 3.30. The number of carbonyl (C=O) groups is 1. The van der Waals surface area contributed by atoms with Gasteiger partial charge >= 0.3 is 12.4 Å². The van der Waals surface area contributed by atoms with Gasteiger partial charge in [0.1, 0.15) is 17.3 Å². The van der Waals surface area contributed by atoms with E-state index in [0.717, 1.165) is 23.0 Å². The van der Waals surface area contributed by atoms with Gasteiger partial charge in [-0.3, -0.25) is 9.48 Å². The Balaban J connectivity index is 1.99. The number of benzene rings is 1. The first-order valence-corrected chi connectivity index (χ1v) is 8.18. The molecule has 1 aromatic heterocycles. The zero-order valence-electron chi connectivity index (χ0n) is 14.7. The minimum atomic E-state index is -5.61. The number of amides is 1. The van der Waals surface area contributed by atoms with Crippen LogP contribution < -0.4 is 0 Å². The van der Waals surface area contributed by atoms with Crippen LogP contribution in [0.1, 0.15) is 16.8 Å². The van der Waals surface area contributed by atoms with Crippen molar-refractivity contribution < 1.29 is 39.9 Å². The minimum Gasteiger partial charge on any atom is -0.337 e. The molecule has 0 radical (unpaired) electrons. The maximum atomic E-state index is 14.1. The first kappa shape index (κ1) is 21.1. The third-order valence-electron chi connectivity index (χ3n) is 4.89. The molecule has 0 atom stereocenters. The minimum absolute atomic E-state index is 0.313. The lowest BCUT2D eigenvalue weighted by molar-refractivity contribution is -0.334. The fourth-order valence-corrected chi connectivity index (χ4v) is 3.30. The van der Waals surface area contributed by atoms with Gasteiger partial charge in [0.25, 0.3) is 5.91 Å². The molecule has 1 aliphatic heterocycles. The Kier molecular flexibility index (Phi) is 4.86. The van der Waals surface area contributed by atoms with Crippen molar-refractivity contribution in [3.63, 3.8) is 0 Å². The number of halogens is 8. The normalized spacial score (nSPS) is 17.1. The number of carbonyl (C=O) groups excluding carboxylic acids is 1. The second-order valence-corrected chi connectivity index (χ2v) is 6.74. The molecule has 158 valence electrons. The number of aromatic nitrogens is 2. The Morgan fingerprint density at radius 1 is 1.10 bits per heavy atom. The molecule has 1 amide bonds. The van der Waals surface area contributed by atoms with Gasteiger partial charge in [-0.05, 0) is 18.6 Å². The van der Waals surface area contributed by atoms with Crippen LogP contribution in [0.4, 0.5) is 35.1 Å². The summed E-state index contributed by atoms with van der Waals surface area (Å²) in [5, 5.41) is 3.86. The van der Waals surface area contributed by atoms with Crippen molar-refractivity contribution in [3.05, 3.63) is 41.6 Å². The van der Waals surface area contributed by atoms with E-state index < -0.39 is 60.4 Å². The number of likely N-dealkylation sites (tertiary alicyclic amines) is 1. The van der Waals surface area contributed by atoms with E-state index in [0.29, 0.717) is 11.0 Å². The van der Waals surface area contributed by atoms with Gasteiger partial charge in [-0.2, -0.15) is 31.4 Å². The highest BCUT2D eigenvalue weighted by Crippen LogP contribution is 2.55. The summed E-state index contributed by atoms with van der Waals surface area (Å²) >= 11 is 0. The van der Waals surface area contributed by atoms with Gasteiger partial charge in [-0.15, -0.1) is 0 Å². The average molecular weight is 427 g/mol. The Morgan fingerprint density at radius 3 is 2.24 bits per heavy atom. The van der Waals surface area contributed by atoms with Crippen LogP contribution in [0.15, 0.2) is 24.4 Å². The SMILES string of the molecule is Cn1cc(C(=O)N2CCC(C(F)(F)F)(C(F)(F)F)C2)c(-c2ccc(F)cc2F)n1. The summed E-state index contributed by atoms with van der Waals surface area (Å²) in [6.45, 7) is -2.41. The first-order valence-electron chi connectivity index (χ1n) is 8.18. The smallest absolute Gasteiger partial charge is 0.337 e. The summed E-state index contributed by atoms with van der Waals surface area (Å²) in [5.41, 5.74) is -5.06. The molecule has 1 fully saturated rings. The lowest BCUT2D eigenvalue weighted by Gasteiger charge is -2.33. The standard InChI is InChI=1S/C17H13F8N3O/c1-27-7-11(13(26-27)10-3-2-9(18)6-12(10)19)14(29)28-5-4-15(8-28,16(20,21)22)17(23,24)25/h2-3,6-7H,4-5,8H2,1H3. The molecule has 3 rings (SSSR count). The molecule has 0 saturated carbocycles. The second-order valence-electron chi connectivity index (χ2n) is 6.74. The molecule has 29 heavy (non-hydrogen) atoms. The van der Waals surface area contributed by atoms with Gasteiger partial charge in [0.2, 0.25) is 0 Å². The molecule has 12 heteroatoms. The molecule has 2 aromatic rings. The Labute approximate surface area is 158 Å². The molecule has 0 spiro atoms. The van der Waals surface area contributed by atoms with Crippen molar-refractivity contribution >= 4 is 5.91 Å². The molecule has 0 aliphatic carbocycles. The van der Waals surface area contributed by atoms with Crippen LogP contribution in [0.3, 0.4) is 0 Å². The molecule has 1 aliphatic rings. The number of hydrogen-bond acceptors (Lipinski definition) is 2. The summed E-state index contributed by atoms with van der Waals surface area (Å²) in [4.78, 5) is 13.1. The van der Waals surface area contributed by atoms with Crippen LogP contribution in [0.5, 0.6) is 0 Å². The van der Waals surface area contributed by atoms with Crippen LogP contribution >= 0.6 is 0 Å². The number of rotatable bonds is 2. The quantitative estimate of drug-likeness (QED) is 0.670. The second kappa shape index (κ2) is 6.70. The largest absolute Gasteiger partial charge is 0.404 e. The molecule has 4 nitrogen and oxygen atoms in total. The lowest BCUT2D eigenvalue weighted by atomic mass is 9.85. The van der Waals surface area contributed by atoms with Crippen LogP contribution in [0.25, 0.3) is 11.3 Å². The van der Waals surface area contributed by atoms with E-state index in [1.54, 1.807) is 0 Å². The third-order valence-corrected chi connectivity index (χ3v) is 4.89. The predicted molar refractivity (Wildman–Crippen MR) is 83.6 cm³/mol. The van der Waals surface area contributed by atoms with E-state index in [9.17, 15) is 39.9 Å². The maximum Gasteiger partial charge on any atom is 0.404 e. The molecule has 0 N–H and O–H groups in total. The van der Waals surface area contributed by atoms with Gasteiger partial charge in [-0.1, -0.05) is 0 Å². The Hall–Kier alpha value is -2.66. The van der Waals surface area contributed by atoms with Gasteiger partial charge in [0, 0.05) is 38.0 Å². The van der Waals surface area contributed by atoms with E-state index in [4.69, 9.17) is 0 Å². The summed E-state index contributed by atoms with van der Waals surface area (Å²) in [5.74, 6) is -3.15. The monoisotopic (exact) mass is 427 g/mol. The van der Waals surface area contributed by atoms with Crippen molar-refractivity contribution in [3.8, 4) is 11.3 Å². The van der Waals surface area contributed by atoms with Gasteiger partial charge in [0.15, 0.2) is 5.41 Å². The Bertz CT molecular complexity index is 933. The molecular formula is C17H13F8N3O. The van der Waals surface area contributed by atoms with Gasteiger partial charge < -0.3 is 4.90 Å². The number of hydrogen-bond donors (Lipinski definition) is 0. The lowest BCUT2D eigenvalue weighted by Crippen LogP contribution is -2.52. The van der Waals surface area contributed by atoms with E-state index in [1.165, 1.54) is 7.05 Å². The number of nitrogens with zero attached hydrogens (tertiary/aromatic N) is 3. The third kappa shape index (κ3) is 3.44. The van der Waals surface area contributed by atoms with Crippen molar-refractivity contribution in [2.75, 3.05) is 13.1 Å². The maximum absolute atomic E-state index is 14.1. The van der Waals surface area contributed by atoms with Crippen LogP contribution in [0, 0.1) is 17.0 Å². The molecule has 1 aromatic carbocycles. The topological polar surface area (TPSA) is 38.1 Å². The van der Waals surface area contributed by atoms with E-state index in [1.807, 2.05) is 0 Å². The van der Waals surface area contributed by atoms with E-state index in [2.05, 4.69) is 5.10 Å². The number of alkyl halides is 6. The molecule has 2 heterocycles. The van der Waals surface area contributed by atoms with Crippen molar-refractivity contribution in [2.45, 2.75) is 18.8 Å². The molecule has 0 bridgehead atoms. The zero-order valence-corrected chi connectivity index (χ0v) is 14.7.